The normalized spacial score (nSPS) is 16.4. The van der Waals surface area contributed by atoms with E-state index in [9.17, 15) is 0 Å². The number of aliphatic hydroxyl groups is 2. The Kier molecular flexibility index (Phi) is 6.57. The molecule has 0 aliphatic rings. The molecule has 11 heavy (non-hydrogen) atoms. The fourth-order valence-electron chi connectivity index (χ4n) is 1.02. The molecule has 0 aromatic heterocycles. The van der Waals surface area contributed by atoms with Crippen molar-refractivity contribution in [3.05, 3.63) is 0 Å². The summed E-state index contributed by atoms with van der Waals surface area (Å²) in [6.07, 6.45) is 4.31. The van der Waals surface area contributed by atoms with Crippen molar-refractivity contribution in [1.29, 1.82) is 0 Å². The lowest BCUT2D eigenvalue weighted by molar-refractivity contribution is 0.148. The summed E-state index contributed by atoms with van der Waals surface area (Å²) in [4.78, 5) is 0. The van der Waals surface area contributed by atoms with Gasteiger partial charge in [-0.2, -0.15) is 0 Å². The van der Waals surface area contributed by atoms with Gasteiger partial charge in [0.1, 0.15) is 0 Å². The van der Waals surface area contributed by atoms with Crippen molar-refractivity contribution in [2.75, 3.05) is 0 Å². The summed E-state index contributed by atoms with van der Waals surface area (Å²) in [5, 5.41) is 18.1. The summed E-state index contributed by atoms with van der Waals surface area (Å²) in [7, 11) is 0. The number of rotatable bonds is 6. The third-order valence-electron chi connectivity index (χ3n) is 1.88. The minimum atomic E-state index is -0.186. The average molecular weight is 160 g/mol. The van der Waals surface area contributed by atoms with Gasteiger partial charge in [-0.15, -0.1) is 0 Å². The van der Waals surface area contributed by atoms with Crippen molar-refractivity contribution < 1.29 is 10.2 Å². The second-order valence-electron chi connectivity index (χ2n) is 3.20. The first-order valence-corrected chi connectivity index (χ1v) is 4.53. The Morgan fingerprint density at radius 2 is 1.64 bits per heavy atom. The molecule has 68 valence electrons. The summed E-state index contributed by atoms with van der Waals surface area (Å²) < 4.78 is 0. The van der Waals surface area contributed by atoms with E-state index in [0.717, 1.165) is 32.1 Å². The predicted octanol–water partition coefficient (Wildman–Crippen LogP) is 1.70. The lowest BCUT2D eigenvalue weighted by Crippen LogP contribution is -2.05. The summed E-state index contributed by atoms with van der Waals surface area (Å²) in [6, 6.07) is 0. The average Bonchev–Trinajstić information content (AvgIpc) is 1.97. The summed E-state index contributed by atoms with van der Waals surface area (Å²) >= 11 is 0. The van der Waals surface area contributed by atoms with E-state index >= 15 is 0 Å². The maximum absolute atomic E-state index is 9.16. The van der Waals surface area contributed by atoms with Crippen molar-refractivity contribution in [1.82, 2.24) is 0 Å². The molecular weight excluding hydrogens is 140 g/mol. The van der Waals surface area contributed by atoms with Crippen LogP contribution in [0.2, 0.25) is 0 Å². The van der Waals surface area contributed by atoms with Crippen LogP contribution in [-0.4, -0.2) is 22.4 Å². The smallest absolute Gasteiger partial charge is 0.0537 e. The molecule has 0 aromatic carbocycles. The molecule has 0 aliphatic heterocycles. The van der Waals surface area contributed by atoms with E-state index in [1.807, 2.05) is 6.92 Å². The van der Waals surface area contributed by atoms with Crippen LogP contribution < -0.4 is 0 Å². The van der Waals surface area contributed by atoms with Crippen molar-refractivity contribution in [3.63, 3.8) is 0 Å². The Bertz CT molecular complexity index is 81.6. The molecule has 2 nitrogen and oxygen atoms in total. The third kappa shape index (κ3) is 7.82. The van der Waals surface area contributed by atoms with Crippen molar-refractivity contribution in [3.8, 4) is 0 Å². The Morgan fingerprint density at radius 1 is 1.09 bits per heavy atom. The van der Waals surface area contributed by atoms with Gasteiger partial charge in [0.05, 0.1) is 12.2 Å². The molecule has 0 bridgehead atoms. The van der Waals surface area contributed by atoms with Gasteiger partial charge in [-0.3, -0.25) is 0 Å². The van der Waals surface area contributed by atoms with Gasteiger partial charge in [0.15, 0.2) is 0 Å². The zero-order chi connectivity index (χ0) is 8.69. The van der Waals surface area contributed by atoms with Gasteiger partial charge in [-0.25, -0.2) is 0 Å². The second-order valence-corrected chi connectivity index (χ2v) is 3.20. The van der Waals surface area contributed by atoms with Crippen molar-refractivity contribution in [2.45, 2.75) is 58.2 Å². The van der Waals surface area contributed by atoms with Gasteiger partial charge in [-0.1, -0.05) is 19.8 Å². The number of aliphatic hydroxyl groups excluding tert-OH is 2. The van der Waals surface area contributed by atoms with E-state index in [0.29, 0.717) is 0 Å². The van der Waals surface area contributed by atoms with Gasteiger partial charge >= 0.3 is 0 Å². The summed E-state index contributed by atoms with van der Waals surface area (Å²) in [6.45, 7) is 3.79. The highest BCUT2D eigenvalue weighted by atomic mass is 16.3. The molecule has 0 radical (unpaired) electrons. The monoisotopic (exact) mass is 160 g/mol. The highest BCUT2D eigenvalue weighted by molar-refractivity contribution is 4.54. The molecule has 0 rings (SSSR count). The molecule has 0 saturated heterocycles. The molecule has 0 heterocycles. The van der Waals surface area contributed by atoms with Crippen LogP contribution in [0, 0.1) is 0 Å². The molecule has 2 heteroatoms. The van der Waals surface area contributed by atoms with E-state index in [2.05, 4.69) is 0 Å². The Morgan fingerprint density at radius 3 is 2.09 bits per heavy atom. The first-order valence-electron chi connectivity index (χ1n) is 4.53. The lowest BCUT2D eigenvalue weighted by atomic mass is 10.1. The first-order chi connectivity index (χ1) is 5.16. The fraction of sp³-hybridized carbons (Fsp3) is 1.00. The van der Waals surface area contributed by atoms with Gasteiger partial charge in [0.2, 0.25) is 0 Å². The van der Waals surface area contributed by atoms with E-state index in [1.165, 1.54) is 0 Å². The van der Waals surface area contributed by atoms with Crippen LogP contribution in [0.3, 0.4) is 0 Å². The molecule has 2 atom stereocenters. The lowest BCUT2D eigenvalue weighted by Gasteiger charge is -2.07. The number of hydrogen-bond acceptors (Lipinski definition) is 2. The largest absolute Gasteiger partial charge is 0.393 e. The van der Waals surface area contributed by atoms with Crippen LogP contribution in [0.5, 0.6) is 0 Å². The predicted molar refractivity (Wildman–Crippen MR) is 46.4 cm³/mol. The minimum absolute atomic E-state index is 0.135. The maximum Gasteiger partial charge on any atom is 0.0537 e. The highest BCUT2D eigenvalue weighted by Gasteiger charge is 2.00. The maximum atomic E-state index is 9.16. The van der Waals surface area contributed by atoms with Gasteiger partial charge in [0.25, 0.3) is 0 Å². The van der Waals surface area contributed by atoms with Crippen LogP contribution in [0.25, 0.3) is 0 Å². The topological polar surface area (TPSA) is 40.5 Å². The molecule has 0 aliphatic carbocycles. The Labute approximate surface area is 69.2 Å². The van der Waals surface area contributed by atoms with E-state index in [-0.39, 0.29) is 12.2 Å². The molecule has 0 amide bonds. The van der Waals surface area contributed by atoms with Crippen LogP contribution in [0.1, 0.15) is 46.0 Å². The SMILES string of the molecule is CCC(O)CCCCC(C)O. The molecular formula is C9H20O2. The zero-order valence-electron chi connectivity index (χ0n) is 7.58. The molecule has 0 saturated carbocycles. The Hall–Kier alpha value is -0.0800. The summed E-state index contributed by atoms with van der Waals surface area (Å²) in [5.41, 5.74) is 0. The van der Waals surface area contributed by atoms with E-state index in [1.54, 1.807) is 6.92 Å². The molecule has 0 aromatic rings. The van der Waals surface area contributed by atoms with Gasteiger partial charge in [0, 0.05) is 0 Å². The fourth-order valence-corrected chi connectivity index (χ4v) is 1.02. The van der Waals surface area contributed by atoms with Gasteiger partial charge < -0.3 is 10.2 Å². The number of unbranched alkanes of at least 4 members (excludes halogenated alkanes) is 1. The standard InChI is InChI=1S/C9H20O2/c1-3-9(11)7-5-4-6-8(2)10/h8-11H,3-7H2,1-2H3. The third-order valence-corrected chi connectivity index (χ3v) is 1.88. The van der Waals surface area contributed by atoms with Crippen molar-refractivity contribution in [2.24, 2.45) is 0 Å². The molecule has 0 spiro atoms. The Balaban J connectivity index is 3.01. The number of hydrogen-bond donors (Lipinski definition) is 2. The van der Waals surface area contributed by atoms with Crippen molar-refractivity contribution >= 4 is 0 Å². The minimum Gasteiger partial charge on any atom is -0.393 e. The second kappa shape index (κ2) is 6.62. The van der Waals surface area contributed by atoms with E-state index < -0.39 is 0 Å². The van der Waals surface area contributed by atoms with Crippen LogP contribution in [0.15, 0.2) is 0 Å². The van der Waals surface area contributed by atoms with Crippen LogP contribution in [0.4, 0.5) is 0 Å². The van der Waals surface area contributed by atoms with Crippen LogP contribution >= 0.6 is 0 Å². The molecule has 2 N–H and O–H groups in total. The highest BCUT2D eigenvalue weighted by Crippen LogP contribution is 2.07. The summed E-state index contributed by atoms with van der Waals surface area (Å²) in [5.74, 6) is 0. The molecule has 2 unspecified atom stereocenters. The van der Waals surface area contributed by atoms with E-state index in [4.69, 9.17) is 10.2 Å². The van der Waals surface area contributed by atoms with Crippen LogP contribution in [-0.2, 0) is 0 Å². The first kappa shape index (κ1) is 10.9. The van der Waals surface area contributed by atoms with Gasteiger partial charge in [-0.05, 0) is 26.2 Å². The molecule has 0 fully saturated rings. The zero-order valence-corrected chi connectivity index (χ0v) is 7.58. The quantitative estimate of drug-likeness (QED) is 0.581.